The number of benzene rings is 1. The minimum Gasteiger partial charge on any atom is -0.495 e. The highest BCUT2D eigenvalue weighted by Crippen LogP contribution is 2.22. The van der Waals surface area contributed by atoms with Gasteiger partial charge < -0.3 is 15.8 Å². The molecule has 0 aliphatic heterocycles. The maximum Gasteiger partial charge on any atom is 0.193 e. The zero-order valence-corrected chi connectivity index (χ0v) is 11.6. The number of ether oxygens (including phenoxy) is 1. The summed E-state index contributed by atoms with van der Waals surface area (Å²) in [6.07, 6.45) is 1.75. The van der Waals surface area contributed by atoms with E-state index in [1.165, 1.54) is 0 Å². The third-order valence-corrected chi connectivity index (χ3v) is 2.89. The van der Waals surface area contributed by atoms with Crippen molar-refractivity contribution in [3.63, 3.8) is 0 Å². The second-order valence-corrected chi connectivity index (χ2v) is 4.29. The number of hydrogen-bond donors (Lipinski definition) is 2. The Morgan fingerprint density at radius 3 is 2.85 bits per heavy atom. The van der Waals surface area contributed by atoms with Crippen LogP contribution in [0, 0.1) is 6.92 Å². The van der Waals surface area contributed by atoms with Crippen molar-refractivity contribution in [1.29, 1.82) is 0 Å². The summed E-state index contributed by atoms with van der Waals surface area (Å²) in [5.74, 6) is 1.05. The summed E-state index contributed by atoms with van der Waals surface area (Å²) in [4.78, 5) is 8.57. The van der Waals surface area contributed by atoms with E-state index < -0.39 is 0 Å². The highest BCUT2D eigenvalue weighted by atomic mass is 16.5. The second-order valence-electron chi connectivity index (χ2n) is 4.29. The van der Waals surface area contributed by atoms with Gasteiger partial charge in [0, 0.05) is 6.20 Å². The quantitative estimate of drug-likeness (QED) is 0.660. The van der Waals surface area contributed by atoms with Crippen LogP contribution in [-0.4, -0.2) is 18.1 Å². The first kappa shape index (κ1) is 13.9. The van der Waals surface area contributed by atoms with Gasteiger partial charge in [0.05, 0.1) is 25.0 Å². The minimum absolute atomic E-state index is 0.333. The molecule has 0 amide bonds. The molecule has 0 unspecified atom stereocenters. The first-order valence-corrected chi connectivity index (χ1v) is 6.31. The van der Waals surface area contributed by atoms with Gasteiger partial charge in [-0.3, -0.25) is 4.98 Å². The molecule has 0 saturated carbocycles. The Balaban J connectivity index is 2.06. The smallest absolute Gasteiger partial charge is 0.193 e. The van der Waals surface area contributed by atoms with E-state index in [-0.39, 0.29) is 0 Å². The highest BCUT2D eigenvalue weighted by molar-refractivity contribution is 5.93. The first-order chi connectivity index (χ1) is 9.70. The van der Waals surface area contributed by atoms with Gasteiger partial charge in [0.1, 0.15) is 5.75 Å². The predicted molar refractivity (Wildman–Crippen MR) is 80.9 cm³/mol. The molecule has 0 spiro atoms. The van der Waals surface area contributed by atoms with Gasteiger partial charge in [0.2, 0.25) is 0 Å². The molecular weight excluding hydrogens is 252 g/mol. The molecule has 0 aliphatic carbocycles. The summed E-state index contributed by atoms with van der Waals surface area (Å²) in [6.45, 7) is 2.45. The van der Waals surface area contributed by atoms with E-state index in [9.17, 15) is 0 Å². The Kier molecular flexibility index (Phi) is 4.55. The lowest BCUT2D eigenvalue weighted by Gasteiger charge is -2.10. The lowest BCUT2D eigenvalue weighted by Crippen LogP contribution is -2.23. The van der Waals surface area contributed by atoms with Crippen molar-refractivity contribution >= 4 is 11.6 Å². The number of nitrogens with zero attached hydrogens (tertiary/aromatic N) is 2. The van der Waals surface area contributed by atoms with Crippen LogP contribution in [0.4, 0.5) is 5.69 Å². The van der Waals surface area contributed by atoms with E-state index in [2.05, 4.69) is 15.3 Å². The average molecular weight is 270 g/mol. The molecule has 1 heterocycles. The number of aliphatic imine (C=N–C) groups is 1. The van der Waals surface area contributed by atoms with Crippen molar-refractivity contribution in [2.45, 2.75) is 13.5 Å². The van der Waals surface area contributed by atoms with Crippen molar-refractivity contribution in [2.75, 3.05) is 12.4 Å². The number of pyridine rings is 1. The van der Waals surface area contributed by atoms with E-state index in [1.807, 2.05) is 43.3 Å². The van der Waals surface area contributed by atoms with Crippen molar-refractivity contribution in [3.8, 4) is 5.75 Å². The lowest BCUT2D eigenvalue weighted by atomic mass is 10.2. The Morgan fingerprint density at radius 2 is 2.10 bits per heavy atom. The predicted octanol–water partition coefficient (Wildman–Crippen LogP) is 2.33. The van der Waals surface area contributed by atoms with Gasteiger partial charge in [-0.1, -0.05) is 18.2 Å². The largest absolute Gasteiger partial charge is 0.495 e. The van der Waals surface area contributed by atoms with Crippen LogP contribution in [0.5, 0.6) is 5.75 Å². The number of aryl methyl sites for hydroxylation is 1. The Bertz CT molecular complexity index is 610. The zero-order chi connectivity index (χ0) is 14.4. The number of nitrogens with one attached hydrogen (secondary N) is 1. The number of aromatic nitrogens is 1. The summed E-state index contributed by atoms with van der Waals surface area (Å²) in [5.41, 5.74) is 8.68. The van der Waals surface area contributed by atoms with Gasteiger partial charge in [-0.05, 0) is 30.7 Å². The number of rotatable bonds is 4. The lowest BCUT2D eigenvalue weighted by molar-refractivity contribution is 0.417. The number of hydrogen-bond acceptors (Lipinski definition) is 3. The summed E-state index contributed by atoms with van der Waals surface area (Å²) >= 11 is 0. The molecule has 2 rings (SSSR count). The molecule has 0 atom stereocenters. The Labute approximate surface area is 118 Å². The summed E-state index contributed by atoms with van der Waals surface area (Å²) in [6, 6.07) is 11.4. The van der Waals surface area contributed by atoms with E-state index in [0.717, 1.165) is 22.7 Å². The fourth-order valence-corrected chi connectivity index (χ4v) is 1.77. The molecule has 5 heteroatoms. The molecule has 0 radical (unpaired) electrons. The second kappa shape index (κ2) is 6.56. The topological polar surface area (TPSA) is 72.5 Å². The van der Waals surface area contributed by atoms with Crippen molar-refractivity contribution < 1.29 is 4.74 Å². The summed E-state index contributed by atoms with van der Waals surface area (Å²) in [5, 5.41) is 3.03. The Morgan fingerprint density at radius 1 is 1.30 bits per heavy atom. The molecule has 5 nitrogen and oxygen atoms in total. The highest BCUT2D eigenvalue weighted by Gasteiger charge is 2.03. The van der Waals surface area contributed by atoms with Crippen molar-refractivity contribution in [1.82, 2.24) is 4.98 Å². The summed E-state index contributed by atoms with van der Waals surface area (Å²) in [7, 11) is 1.62. The van der Waals surface area contributed by atoms with Gasteiger partial charge >= 0.3 is 0 Å². The first-order valence-electron chi connectivity index (χ1n) is 6.31. The van der Waals surface area contributed by atoms with Crippen LogP contribution in [0.1, 0.15) is 11.3 Å². The Hall–Kier alpha value is -2.56. The van der Waals surface area contributed by atoms with Crippen LogP contribution in [0.2, 0.25) is 0 Å². The molecular formula is C15H18N4O. The van der Waals surface area contributed by atoms with Crippen LogP contribution < -0.4 is 15.8 Å². The van der Waals surface area contributed by atoms with Gasteiger partial charge in [-0.15, -0.1) is 0 Å². The molecule has 0 saturated heterocycles. The maximum atomic E-state index is 5.88. The van der Waals surface area contributed by atoms with E-state index >= 15 is 0 Å². The number of guanidine groups is 1. The monoisotopic (exact) mass is 270 g/mol. The average Bonchev–Trinajstić information content (AvgIpc) is 2.47. The fraction of sp³-hybridized carbons (Fsp3) is 0.200. The van der Waals surface area contributed by atoms with Crippen molar-refractivity contribution in [2.24, 2.45) is 10.7 Å². The number of nitrogens with two attached hydrogens (primary N) is 1. The van der Waals surface area contributed by atoms with Crippen LogP contribution in [0.25, 0.3) is 0 Å². The molecule has 0 bridgehead atoms. The van der Waals surface area contributed by atoms with Gasteiger partial charge in [-0.25, -0.2) is 4.99 Å². The SMILES string of the molecule is COc1ccccc1NC(N)=NCc1ncccc1C. The molecule has 104 valence electrons. The molecule has 0 aliphatic rings. The van der Waals surface area contributed by atoms with Gasteiger partial charge in [0.25, 0.3) is 0 Å². The van der Waals surface area contributed by atoms with E-state index in [1.54, 1.807) is 13.3 Å². The van der Waals surface area contributed by atoms with Gasteiger partial charge in [-0.2, -0.15) is 0 Å². The minimum atomic E-state index is 0.333. The molecule has 0 fully saturated rings. The van der Waals surface area contributed by atoms with Crippen LogP contribution in [-0.2, 0) is 6.54 Å². The standard InChI is InChI=1S/C15H18N4O/c1-11-6-5-9-17-13(11)10-18-15(16)19-12-7-3-4-8-14(12)20-2/h3-9H,10H2,1-2H3,(H3,16,18,19). The number of methoxy groups -OCH3 is 1. The molecule has 2 aromatic rings. The molecule has 20 heavy (non-hydrogen) atoms. The maximum absolute atomic E-state index is 5.88. The van der Waals surface area contributed by atoms with Crippen LogP contribution in [0.15, 0.2) is 47.6 Å². The van der Waals surface area contributed by atoms with E-state index in [0.29, 0.717) is 12.5 Å². The van der Waals surface area contributed by atoms with Crippen LogP contribution in [0.3, 0.4) is 0 Å². The number of para-hydroxylation sites is 2. The zero-order valence-electron chi connectivity index (χ0n) is 11.6. The van der Waals surface area contributed by atoms with E-state index in [4.69, 9.17) is 10.5 Å². The fourth-order valence-electron chi connectivity index (χ4n) is 1.77. The van der Waals surface area contributed by atoms with Crippen molar-refractivity contribution in [3.05, 3.63) is 53.9 Å². The molecule has 1 aromatic heterocycles. The number of anilines is 1. The molecule has 1 aromatic carbocycles. The molecule has 3 N–H and O–H groups in total. The normalized spacial score (nSPS) is 11.2. The van der Waals surface area contributed by atoms with Gasteiger partial charge in [0.15, 0.2) is 5.96 Å². The third-order valence-electron chi connectivity index (χ3n) is 2.89. The van der Waals surface area contributed by atoms with Crippen LogP contribution >= 0.6 is 0 Å². The summed E-state index contributed by atoms with van der Waals surface area (Å²) < 4.78 is 5.24. The third kappa shape index (κ3) is 3.47.